The molecule has 1 rings (SSSR count). The fraction of sp³-hybridized carbons (Fsp3) is 0.571. The van der Waals surface area contributed by atoms with Crippen LogP contribution in [-0.4, -0.2) is 12.0 Å². The third kappa shape index (κ3) is 1.77. The normalized spacial score (nSPS) is 10.5. The third-order valence-corrected chi connectivity index (χ3v) is 1.39. The molecule has 0 atom stereocenters. The number of hydrogen-bond donors (Lipinski definition) is 1. The maximum absolute atomic E-state index is 12.1. The summed E-state index contributed by atoms with van der Waals surface area (Å²) in [6.45, 7) is 1.70. The van der Waals surface area contributed by atoms with E-state index in [9.17, 15) is 4.39 Å². The van der Waals surface area contributed by atoms with Crippen molar-refractivity contribution in [2.24, 2.45) is 0 Å². The van der Waals surface area contributed by atoms with Gasteiger partial charge in [-0.25, -0.2) is 9.37 Å². The summed E-state index contributed by atoms with van der Waals surface area (Å²) in [7, 11) is 1.79. The predicted molar refractivity (Wildman–Crippen MR) is 38.8 cm³/mol. The zero-order chi connectivity index (χ0) is 8.27. The molecule has 0 aromatic carbocycles. The van der Waals surface area contributed by atoms with Crippen molar-refractivity contribution < 1.29 is 8.81 Å². The van der Waals surface area contributed by atoms with Gasteiger partial charge in [0.15, 0.2) is 5.76 Å². The smallest absolute Gasteiger partial charge is 0.208 e. The Morgan fingerprint density at radius 3 is 2.82 bits per heavy atom. The molecule has 0 aliphatic carbocycles. The first kappa shape index (κ1) is 8.20. The van der Waals surface area contributed by atoms with E-state index in [-0.39, 0.29) is 0 Å². The number of aryl methyl sites for hydroxylation is 1. The molecule has 0 aliphatic heterocycles. The Morgan fingerprint density at radius 2 is 2.36 bits per heavy atom. The SMILES string of the molecule is CNCc1nc(C)c(CF)o1. The largest absolute Gasteiger partial charge is 0.441 e. The quantitative estimate of drug-likeness (QED) is 0.717. The monoisotopic (exact) mass is 158 g/mol. The summed E-state index contributed by atoms with van der Waals surface area (Å²) in [5.41, 5.74) is 0.637. The number of rotatable bonds is 3. The summed E-state index contributed by atoms with van der Waals surface area (Å²) >= 11 is 0. The van der Waals surface area contributed by atoms with Gasteiger partial charge in [0, 0.05) is 0 Å². The van der Waals surface area contributed by atoms with Crippen molar-refractivity contribution >= 4 is 0 Å². The molecule has 0 bridgehead atoms. The summed E-state index contributed by atoms with van der Waals surface area (Å²) in [6.07, 6.45) is 0. The van der Waals surface area contributed by atoms with Crippen LogP contribution in [0.25, 0.3) is 0 Å². The minimum Gasteiger partial charge on any atom is -0.441 e. The Kier molecular flexibility index (Phi) is 2.59. The van der Waals surface area contributed by atoms with Crippen LogP contribution >= 0.6 is 0 Å². The Hall–Kier alpha value is -0.900. The van der Waals surface area contributed by atoms with Crippen molar-refractivity contribution in [3.05, 3.63) is 17.3 Å². The lowest BCUT2D eigenvalue weighted by atomic mass is 10.4. The average molecular weight is 158 g/mol. The molecule has 0 saturated heterocycles. The first-order chi connectivity index (χ1) is 5.27. The van der Waals surface area contributed by atoms with Crippen molar-refractivity contribution in [2.45, 2.75) is 20.1 Å². The maximum Gasteiger partial charge on any atom is 0.208 e. The number of halogens is 1. The van der Waals surface area contributed by atoms with Gasteiger partial charge >= 0.3 is 0 Å². The van der Waals surface area contributed by atoms with E-state index in [0.29, 0.717) is 23.9 Å². The second-order valence-corrected chi connectivity index (χ2v) is 2.28. The Labute approximate surface area is 64.6 Å². The standard InChI is InChI=1S/C7H11FN2O/c1-5-6(3-8)11-7(10-5)4-9-2/h9H,3-4H2,1-2H3. The van der Waals surface area contributed by atoms with E-state index in [1.165, 1.54) is 0 Å². The molecule has 0 fully saturated rings. The molecule has 0 radical (unpaired) electrons. The van der Waals surface area contributed by atoms with Gasteiger partial charge in [0.1, 0.15) is 6.67 Å². The highest BCUT2D eigenvalue weighted by Gasteiger charge is 2.07. The Balaban J connectivity index is 2.77. The third-order valence-electron chi connectivity index (χ3n) is 1.39. The molecule has 0 saturated carbocycles. The summed E-state index contributed by atoms with van der Waals surface area (Å²) < 4.78 is 17.1. The van der Waals surface area contributed by atoms with Crippen LogP contribution in [0.3, 0.4) is 0 Å². The van der Waals surface area contributed by atoms with Crippen LogP contribution in [0.5, 0.6) is 0 Å². The van der Waals surface area contributed by atoms with Crippen LogP contribution in [0, 0.1) is 6.92 Å². The zero-order valence-corrected chi connectivity index (χ0v) is 6.65. The molecule has 1 heterocycles. The maximum atomic E-state index is 12.1. The highest BCUT2D eigenvalue weighted by atomic mass is 19.1. The van der Waals surface area contributed by atoms with Crippen molar-refractivity contribution in [3.63, 3.8) is 0 Å². The number of alkyl halides is 1. The van der Waals surface area contributed by atoms with Crippen LogP contribution in [-0.2, 0) is 13.2 Å². The van der Waals surface area contributed by atoms with Gasteiger partial charge in [-0.2, -0.15) is 0 Å². The van der Waals surface area contributed by atoms with Crippen LogP contribution in [0.4, 0.5) is 4.39 Å². The molecule has 11 heavy (non-hydrogen) atoms. The number of hydrogen-bond acceptors (Lipinski definition) is 3. The first-order valence-corrected chi connectivity index (χ1v) is 3.43. The number of aromatic nitrogens is 1. The molecule has 62 valence electrons. The lowest BCUT2D eigenvalue weighted by molar-refractivity contribution is 0.369. The van der Waals surface area contributed by atoms with Gasteiger partial charge in [0.05, 0.1) is 12.2 Å². The molecular weight excluding hydrogens is 147 g/mol. The van der Waals surface area contributed by atoms with Crippen molar-refractivity contribution in [3.8, 4) is 0 Å². The summed E-state index contributed by atoms with van der Waals surface area (Å²) in [5, 5.41) is 2.87. The minimum atomic E-state index is -0.581. The van der Waals surface area contributed by atoms with E-state index in [0.717, 1.165) is 0 Å². The molecule has 1 N–H and O–H groups in total. The lowest BCUT2D eigenvalue weighted by Gasteiger charge is -1.89. The molecular formula is C7H11FN2O. The topological polar surface area (TPSA) is 38.1 Å². The summed E-state index contributed by atoms with van der Waals surface area (Å²) in [4.78, 5) is 4.00. The van der Waals surface area contributed by atoms with E-state index >= 15 is 0 Å². The summed E-state index contributed by atoms with van der Waals surface area (Å²) in [5.74, 6) is 0.868. The molecule has 1 aromatic rings. The zero-order valence-electron chi connectivity index (χ0n) is 6.65. The van der Waals surface area contributed by atoms with Gasteiger partial charge in [-0.1, -0.05) is 0 Å². The van der Waals surface area contributed by atoms with Gasteiger partial charge in [0.2, 0.25) is 5.89 Å². The van der Waals surface area contributed by atoms with E-state index in [1.54, 1.807) is 14.0 Å². The number of nitrogens with one attached hydrogen (secondary N) is 1. The number of nitrogens with zero attached hydrogens (tertiary/aromatic N) is 1. The van der Waals surface area contributed by atoms with E-state index in [4.69, 9.17) is 4.42 Å². The van der Waals surface area contributed by atoms with E-state index in [2.05, 4.69) is 10.3 Å². The molecule has 0 unspecified atom stereocenters. The molecule has 3 nitrogen and oxygen atoms in total. The average Bonchev–Trinajstić information content (AvgIpc) is 2.32. The molecule has 0 amide bonds. The van der Waals surface area contributed by atoms with Gasteiger partial charge in [0.25, 0.3) is 0 Å². The molecule has 0 spiro atoms. The van der Waals surface area contributed by atoms with Crippen molar-refractivity contribution in [1.82, 2.24) is 10.3 Å². The fourth-order valence-electron chi connectivity index (χ4n) is 0.839. The lowest BCUT2D eigenvalue weighted by Crippen LogP contribution is -2.04. The van der Waals surface area contributed by atoms with Crippen LogP contribution in [0.15, 0.2) is 4.42 Å². The highest BCUT2D eigenvalue weighted by molar-refractivity contribution is 5.06. The highest BCUT2D eigenvalue weighted by Crippen LogP contribution is 2.10. The second-order valence-electron chi connectivity index (χ2n) is 2.28. The predicted octanol–water partition coefficient (Wildman–Crippen LogP) is 1.17. The van der Waals surface area contributed by atoms with Gasteiger partial charge in [-0.05, 0) is 14.0 Å². The molecule has 1 aromatic heterocycles. The van der Waals surface area contributed by atoms with Gasteiger partial charge in [-0.3, -0.25) is 0 Å². The van der Waals surface area contributed by atoms with Gasteiger partial charge < -0.3 is 9.73 Å². The van der Waals surface area contributed by atoms with Crippen LogP contribution in [0.2, 0.25) is 0 Å². The first-order valence-electron chi connectivity index (χ1n) is 3.43. The fourth-order valence-corrected chi connectivity index (χ4v) is 0.839. The van der Waals surface area contributed by atoms with Crippen LogP contribution in [0.1, 0.15) is 17.3 Å². The molecule has 4 heteroatoms. The minimum absolute atomic E-state index is 0.329. The Bertz CT molecular complexity index is 234. The Morgan fingerprint density at radius 1 is 1.64 bits per heavy atom. The van der Waals surface area contributed by atoms with Crippen molar-refractivity contribution in [1.29, 1.82) is 0 Å². The second kappa shape index (κ2) is 3.48. The van der Waals surface area contributed by atoms with E-state index in [1.807, 2.05) is 0 Å². The van der Waals surface area contributed by atoms with Crippen molar-refractivity contribution in [2.75, 3.05) is 7.05 Å². The molecule has 0 aliphatic rings. The summed E-state index contributed by atoms with van der Waals surface area (Å²) in [6, 6.07) is 0. The van der Waals surface area contributed by atoms with E-state index < -0.39 is 6.67 Å². The number of oxazole rings is 1. The van der Waals surface area contributed by atoms with Gasteiger partial charge in [-0.15, -0.1) is 0 Å². The van der Waals surface area contributed by atoms with Crippen LogP contribution < -0.4 is 5.32 Å².